The third-order valence-corrected chi connectivity index (χ3v) is 9.11. The first-order valence-electron chi connectivity index (χ1n) is 10.8. The number of thiazole rings is 1. The number of sulfonamides is 1. The standard InChI is InChI=1S/C23H24ClN3O5S2/c1-15-5-3-4-12-27(15)34(30,31)18-9-6-16(7-10-18)22(29)25-23-26(14-21(28)32-2)19-11-8-17(24)13-20(19)33-23/h6-11,13,15H,3-5,12,14H2,1-2H3. The first-order valence-corrected chi connectivity index (χ1v) is 13.4. The number of fused-ring (bicyclic) bond motifs is 1. The molecule has 1 aliphatic heterocycles. The highest BCUT2D eigenvalue weighted by Gasteiger charge is 2.30. The first kappa shape index (κ1) is 24.6. The zero-order chi connectivity index (χ0) is 24.5. The Morgan fingerprint density at radius 1 is 1.18 bits per heavy atom. The molecule has 0 radical (unpaired) electrons. The summed E-state index contributed by atoms with van der Waals surface area (Å²) >= 11 is 7.31. The highest BCUT2D eigenvalue weighted by molar-refractivity contribution is 7.89. The van der Waals surface area contributed by atoms with Gasteiger partial charge >= 0.3 is 5.97 Å². The third kappa shape index (κ3) is 4.95. The molecule has 2 aromatic carbocycles. The van der Waals surface area contributed by atoms with Crippen LogP contribution in [-0.2, 0) is 26.1 Å². The molecular weight excluding hydrogens is 498 g/mol. The van der Waals surface area contributed by atoms with Crippen molar-refractivity contribution in [1.82, 2.24) is 8.87 Å². The van der Waals surface area contributed by atoms with Crippen LogP contribution in [0.5, 0.6) is 0 Å². The first-order chi connectivity index (χ1) is 16.2. The second-order valence-corrected chi connectivity index (χ2v) is 11.4. The maximum atomic E-state index is 13.0. The van der Waals surface area contributed by atoms with Gasteiger partial charge in [-0.05, 0) is 62.2 Å². The van der Waals surface area contributed by atoms with Crippen LogP contribution in [0.2, 0.25) is 5.02 Å². The lowest BCUT2D eigenvalue weighted by Crippen LogP contribution is -2.41. The van der Waals surface area contributed by atoms with Crippen LogP contribution in [0.3, 0.4) is 0 Å². The number of esters is 1. The van der Waals surface area contributed by atoms with Crippen LogP contribution in [0.4, 0.5) is 0 Å². The molecule has 1 unspecified atom stereocenters. The quantitative estimate of drug-likeness (QED) is 0.475. The van der Waals surface area contributed by atoms with Crippen LogP contribution in [0.25, 0.3) is 10.2 Å². The Morgan fingerprint density at radius 2 is 1.91 bits per heavy atom. The Labute approximate surface area is 206 Å². The number of carbonyl (C=O) groups excluding carboxylic acids is 2. The van der Waals surface area contributed by atoms with E-state index in [-0.39, 0.29) is 23.0 Å². The van der Waals surface area contributed by atoms with Gasteiger partial charge in [-0.3, -0.25) is 9.59 Å². The molecule has 4 rings (SSSR count). The molecule has 0 bridgehead atoms. The van der Waals surface area contributed by atoms with E-state index >= 15 is 0 Å². The number of benzene rings is 2. The molecule has 1 saturated heterocycles. The van der Waals surface area contributed by atoms with Crippen molar-refractivity contribution < 1.29 is 22.7 Å². The van der Waals surface area contributed by atoms with Crippen LogP contribution in [0.15, 0.2) is 52.4 Å². The van der Waals surface area contributed by atoms with E-state index in [9.17, 15) is 18.0 Å². The number of hydrogen-bond donors (Lipinski definition) is 0. The van der Waals surface area contributed by atoms with Gasteiger partial charge in [0.2, 0.25) is 10.0 Å². The molecule has 180 valence electrons. The molecule has 1 atom stereocenters. The summed E-state index contributed by atoms with van der Waals surface area (Å²) in [6, 6.07) is 10.9. The van der Waals surface area contributed by atoms with Gasteiger partial charge in [0.1, 0.15) is 6.54 Å². The van der Waals surface area contributed by atoms with Gasteiger partial charge in [0, 0.05) is 23.2 Å². The molecular formula is C23H24ClN3O5S2. The van der Waals surface area contributed by atoms with Crippen molar-refractivity contribution in [2.45, 2.75) is 43.7 Å². The SMILES string of the molecule is COC(=O)Cn1c(=NC(=O)c2ccc(S(=O)(=O)N3CCCCC3C)cc2)sc2cc(Cl)ccc21. The lowest BCUT2D eigenvalue weighted by atomic mass is 10.1. The molecule has 34 heavy (non-hydrogen) atoms. The fraction of sp³-hybridized carbons (Fsp3) is 0.348. The van der Waals surface area contributed by atoms with E-state index in [4.69, 9.17) is 16.3 Å². The van der Waals surface area contributed by atoms with Gasteiger partial charge < -0.3 is 9.30 Å². The van der Waals surface area contributed by atoms with Gasteiger partial charge in [0.05, 0.1) is 22.2 Å². The van der Waals surface area contributed by atoms with E-state index < -0.39 is 21.9 Å². The molecule has 0 saturated carbocycles. The zero-order valence-corrected chi connectivity index (χ0v) is 21.1. The Balaban J connectivity index is 1.67. The van der Waals surface area contributed by atoms with E-state index in [1.165, 1.54) is 47.0 Å². The molecule has 1 aromatic heterocycles. The summed E-state index contributed by atoms with van der Waals surface area (Å²) in [5, 5.41) is 0.525. The van der Waals surface area contributed by atoms with Crippen LogP contribution in [-0.4, -0.2) is 48.9 Å². The summed E-state index contributed by atoms with van der Waals surface area (Å²) in [5.41, 5.74) is 0.939. The molecule has 8 nitrogen and oxygen atoms in total. The van der Waals surface area contributed by atoms with Gasteiger partial charge in [-0.2, -0.15) is 9.30 Å². The van der Waals surface area contributed by atoms with E-state index in [0.717, 1.165) is 24.0 Å². The van der Waals surface area contributed by atoms with Crippen molar-refractivity contribution in [1.29, 1.82) is 0 Å². The summed E-state index contributed by atoms with van der Waals surface area (Å²) in [6.45, 7) is 2.29. The predicted molar refractivity (Wildman–Crippen MR) is 130 cm³/mol. The van der Waals surface area contributed by atoms with Crippen LogP contribution in [0.1, 0.15) is 36.5 Å². The third-order valence-electron chi connectivity index (χ3n) is 5.81. The molecule has 1 aliphatic rings. The number of hydrogen-bond acceptors (Lipinski definition) is 6. The maximum absolute atomic E-state index is 13.0. The summed E-state index contributed by atoms with van der Waals surface area (Å²) in [5.74, 6) is -1.03. The van der Waals surface area contributed by atoms with Crippen molar-refractivity contribution in [3.05, 3.63) is 57.9 Å². The van der Waals surface area contributed by atoms with Gasteiger partial charge in [-0.25, -0.2) is 8.42 Å². The van der Waals surface area contributed by atoms with Gasteiger partial charge in [-0.1, -0.05) is 29.4 Å². The number of halogens is 1. The number of aromatic nitrogens is 1. The van der Waals surface area contributed by atoms with Crippen molar-refractivity contribution in [3.8, 4) is 0 Å². The lowest BCUT2D eigenvalue weighted by Gasteiger charge is -2.32. The second kappa shape index (κ2) is 9.99. The van der Waals surface area contributed by atoms with Crippen molar-refractivity contribution in [3.63, 3.8) is 0 Å². The van der Waals surface area contributed by atoms with E-state index in [1.54, 1.807) is 22.8 Å². The highest BCUT2D eigenvalue weighted by atomic mass is 35.5. The molecule has 3 aromatic rings. The fourth-order valence-corrected chi connectivity index (χ4v) is 6.97. The average Bonchev–Trinajstić information content (AvgIpc) is 3.14. The molecule has 0 spiro atoms. The second-order valence-electron chi connectivity index (χ2n) is 8.06. The summed E-state index contributed by atoms with van der Waals surface area (Å²) < 4.78 is 34.7. The Kier molecular flexibility index (Phi) is 7.22. The number of carbonyl (C=O) groups is 2. The summed E-state index contributed by atoms with van der Waals surface area (Å²) in [7, 11) is -2.34. The number of nitrogens with zero attached hydrogens (tertiary/aromatic N) is 3. The predicted octanol–water partition coefficient (Wildman–Crippen LogP) is 3.83. The zero-order valence-electron chi connectivity index (χ0n) is 18.7. The fourth-order valence-electron chi connectivity index (χ4n) is 3.96. The molecule has 0 N–H and O–H groups in total. The molecule has 11 heteroatoms. The average molecular weight is 522 g/mol. The van der Waals surface area contributed by atoms with E-state index in [1.807, 2.05) is 6.92 Å². The monoisotopic (exact) mass is 521 g/mol. The number of ether oxygens (including phenoxy) is 1. The van der Waals surface area contributed by atoms with Crippen LogP contribution in [0, 0.1) is 0 Å². The van der Waals surface area contributed by atoms with Crippen molar-refractivity contribution in [2.24, 2.45) is 4.99 Å². The van der Waals surface area contributed by atoms with Gasteiger partial charge in [-0.15, -0.1) is 0 Å². The number of methoxy groups -OCH3 is 1. The smallest absolute Gasteiger partial charge is 0.325 e. The Bertz CT molecular complexity index is 1410. The molecule has 1 fully saturated rings. The number of rotatable bonds is 5. The molecule has 2 heterocycles. The Morgan fingerprint density at radius 3 is 2.59 bits per heavy atom. The van der Waals surface area contributed by atoms with Crippen LogP contribution < -0.4 is 4.80 Å². The van der Waals surface area contributed by atoms with Gasteiger partial charge in [0.15, 0.2) is 4.80 Å². The largest absolute Gasteiger partial charge is 0.468 e. The normalized spacial score (nSPS) is 17.7. The minimum Gasteiger partial charge on any atom is -0.468 e. The number of amides is 1. The van der Waals surface area contributed by atoms with Crippen LogP contribution >= 0.6 is 22.9 Å². The van der Waals surface area contributed by atoms with Crippen molar-refractivity contribution in [2.75, 3.05) is 13.7 Å². The maximum Gasteiger partial charge on any atom is 0.325 e. The Hall–Kier alpha value is -2.53. The van der Waals surface area contributed by atoms with E-state index in [0.29, 0.717) is 21.9 Å². The summed E-state index contributed by atoms with van der Waals surface area (Å²) in [4.78, 5) is 29.5. The van der Waals surface area contributed by atoms with Crippen molar-refractivity contribution >= 4 is 55.1 Å². The van der Waals surface area contributed by atoms with E-state index in [2.05, 4.69) is 4.99 Å². The molecule has 1 amide bonds. The van der Waals surface area contributed by atoms with Gasteiger partial charge in [0.25, 0.3) is 5.91 Å². The topological polar surface area (TPSA) is 98.0 Å². The molecule has 0 aliphatic carbocycles. The highest BCUT2D eigenvalue weighted by Crippen LogP contribution is 2.26. The minimum absolute atomic E-state index is 0.0539. The number of piperidine rings is 1. The lowest BCUT2D eigenvalue weighted by molar-refractivity contribution is -0.141. The minimum atomic E-state index is -3.63. The summed E-state index contributed by atoms with van der Waals surface area (Å²) in [6.07, 6.45) is 2.69.